The van der Waals surface area contributed by atoms with Crippen molar-refractivity contribution in [1.82, 2.24) is 0 Å². The number of carbonyl (C=O) groups excluding carboxylic acids is 1. The van der Waals surface area contributed by atoms with Gasteiger partial charge in [0.2, 0.25) is 0 Å². The Morgan fingerprint density at radius 1 is 1.43 bits per heavy atom. The molecule has 2 heteroatoms. The molecule has 1 aliphatic rings. The van der Waals surface area contributed by atoms with Crippen molar-refractivity contribution in [2.45, 2.75) is 39.0 Å². The van der Waals surface area contributed by atoms with E-state index in [1.165, 1.54) is 0 Å². The number of aliphatic hydroxyl groups excluding tert-OH is 1. The zero-order valence-electron chi connectivity index (χ0n) is 8.60. The Bertz CT molecular complexity index is 302. The van der Waals surface area contributed by atoms with Gasteiger partial charge in [0.15, 0.2) is 5.78 Å². The van der Waals surface area contributed by atoms with Crippen molar-refractivity contribution in [3.63, 3.8) is 0 Å². The normalized spacial score (nSPS) is 15.7. The highest BCUT2D eigenvalue weighted by molar-refractivity contribution is 5.99. The molecule has 0 atom stereocenters. The van der Waals surface area contributed by atoms with Crippen molar-refractivity contribution in [2.75, 3.05) is 6.61 Å². The number of hydrogen-bond donors (Lipinski definition) is 1. The zero-order valence-corrected chi connectivity index (χ0v) is 8.60. The third kappa shape index (κ3) is 2.71. The summed E-state index contributed by atoms with van der Waals surface area (Å²) in [5.41, 5.74) is 1.39. The Morgan fingerprint density at radius 2 is 2.21 bits per heavy atom. The maximum absolute atomic E-state index is 11.2. The molecule has 2 nitrogen and oxygen atoms in total. The van der Waals surface area contributed by atoms with E-state index in [2.05, 4.69) is 18.8 Å². The van der Waals surface area contributed by atoms with Gasteiger partial charge in [-0.05, 0) is 12.8 Å². The molecular weight excluding hydrogens is 176 g/mol. The number of aliphatic hydroxyl groups is 1. The van der Waals surface area contributed by atoms with Gasteiger partial charge >= 0.3 is 0 Å². The molecule has 1 aliphatic carbocycles. The third-order valence-corrected chi connectivity index (χ3v) is 2.36. The summed E-state index contributed by atoms with van der Waals surface area (Å²) in [5, 5.41) is 8.96. The molecule has 0 spiro atoms. The van der Waals surface area contributed by atoms with Crippen LogP contribution in [-0.4, -0.2) is 17.5 Å². The minimum absolute atomic E-state index is 0.0623. The lowest BCUT2D eigenvalue weighted by molar-refractivity contribution is -0.115. The summed E-state index contributed by atoms with van der Waals surface area (Å²) in [6.45, 7) is 1.97. The first-order valence-corrected chi connectivity index (χ1v) is 5.14. The maximum Gasteiger partial charge on any atom is 0.162 e. The van der Waals surface area contributed by atoms with Crippen LogP contribution in [0.5, 0.6) is 0 Å². The summed E-state index contributed by atoms with van der Waals surface area (Å²) < 4.78 is 0. The first-order valence-electron chi connectivity index (χ1n) is 5.14. The fraction of sp³-hybridized carbons (Fsp3) is 0.583. The van der Waals surface area contributed by atoms with E-state index >= 15 is 0 Å². The molecule has 0 heterocycles. The summed E-state index contributed by atoms with van der Waals surface area (Å²) in [6, 6.07) is 0. The number of Topliss-reactive ketones (excluding diaryl/α,β-unsaturated/α-hetero) is 1. The van der Waals surface area contributed by atoms with Gasteiger partial charge in [0.1, 0.15) is 0 Å². The Labute approximate surface area is 85.0 Å². The lowest BCUT2D eigenvalue weighted by Crippen LogP contribution is -2.00. The highest BCUT2D eigenvalue weighted by Crippen LogP contribution is 2.21. The van der Waals surface area contributed by atoms with Crippen LogP contribution in [0.15, 0.2) is 11.1 Å². The molecule has 0 radical (unpaired) electrons. The van der Waals surface area contributed by atoms with Crippen molar-refractivity contribution < 1.29 is 9.90 Å². The predicted molar refractivity (Wildman–Crippen MR) is 55.7 cm³/mol. The molecule has 76 valence electrons. The molecule has 0 aromatic rings. The van der Waals surface area contributed by atoms with Crippen LogP contribution in [-0.2, 0) is 4.79 Å². The Balaban J connectivity index is 2.61. The molecule has 14 heavy (non-hydrogen) atoms. The van der Waals surface area contributed by atoms with E-state index in [1.54, 1.807) is 0 Å². The minimum Gasteiger partial charge on any atom is -0.392 e. The number of rotatable bonds is 3. The fourth-order valence-electron chi connectivity index (χ4n) is 1.46. The third-order valence-electron chi connectivity index (χ3n) is 2.36. The Morgan fingerprint density at radius 3 is 2.86 bits per heavy atom. The van der Waals surface area contributed by atoms with Crippen LogP contribution in [0.2, 0.25) is 0 Å². The Kier molecular flexibility index (Phi) is 4.42. The second kappa shape index (κ2) is 5.62. The summed E-state index contributed by atoms with van der Waals surface area (Å²) in [4.78, 5) is 11.2. The van der Waals surface area contributed by atoms with Gasteiger partial charge in [-0.25, -0.2) is 0 Å². The molecule has 0 aromatic carbocycles. The first kappa shape index (κ1) is 11.0. The zero-order chi connectivity index (χ0) is 10.4. The van der Waals surface area contributed by atoms with Gasteiger partial charge in [-0.2, -0.15) is 0 Å². The van der Waals surface area contributed by atoms with Gasteiger partial charge in [-0.15, -0.1) is 0 Å². The standard InChI is InChI=1S/C12H16O2/c1-2-3-4-5-6-10-7-8-12(14)11(10)9-13/h13H,2-4,7-9H2,1H3. The molecule has 0 bridgehead atoms. The second-order valence-corrected chi connectivity index (χ2v) is 3.44. The molecule has 1 N–H and O–H groups in total. The van der Waals surface area contributed by atoms with E-state index in [0.717, 1.165) is 24.8 Å². The van der Waals surface area contributed by atoms with E-state index < -0.39 is 0 Å². The average Bonchev–Trinajstić information content (AvgIpc) is 2.54. The molecule has 0 saturated heterocycles. The van der Waals surface area contributed by atoms with Crippen molar-refractivity contribution in [3.05, 3.63) is 11.1 Å². The highest BCUT2D eigenvalue weighted by Gasteiger charge is 2.20. The van der Waals surface area contributed by atoms with Crippen molar-refractivity contribution in [3.8, 4) is 11.8 Å². The van der Waals surface area contributed by atoms with Gasteiger partial charge in [0.25, 0.3) is 0 Å². The predicted octanol–water partition coefficient (Wildman–Crippen LogP) is 1.83. The molecule has 0 unspecified atom stereocenters. The minimum atomic E-state index is -0.156. The fourth-order valence-corrected chi connectivity index (χ4v) is 1.46. The highest BCUT2D eigenvalue weighted by atomic mass is 16.3. The lowest BCUT2D eigenvalue weighted by Gasteiger charge is -1.93. The van der Waals surface area contributed by atoms with Crippen molar-refractivity contribution in [2.24, 2.45) is 0 Å². The summed E-state index contributed by atoms with van der Waals surface area (Å²) in [5.74, 6) is 6.10. The smallest absolute Gasteiger partial charge is 0.162 e. The number of carbonyl (C=O) groups is 1. The molecule has 0 fully saturated rings. The van der Waals surface area contributed by atoms with Crippen LogP contribution >= 0.6 is 0 Å². The first-order chi connectivity index (χ1) is 6.79. The van der Waals surface area contributed by atoms with Crippen molar-refractivity contribution in [1.29, 1.82) is 0 Å². The van der Waals surface area contributed by atoms with Crippen LogP contribution in [0.3, 0.4) is 0 Å². The number of allylic oxidation sites excluding steroid dienone is 1. The quantitative estimate of drug-likeness (QED) is 0.547. The van der Waals surface area contributed by atoms with Crippen LogP contribution in [0.4, 0.5) is 0 Å². The molecule has 0 amide bonds. The maximum atomic E-state index is 11.2. The van der Waals surface area contributed by atoms with Crippen LogP contribution in [0.25, 0.3) is 0 Å². The van der Waals surface area contributed by atoms with E-state index in [-0.39, 0.29) is 12.4 Å². The van der Waals surface area contributed by atoms with Gasteiger partial charge in [0, 0.05) is 24.0 Å². The van der Waals surface area contributed by atoms with Gasteiger partial charge in [0.05, 0.1) is 6.61 Å². The molecular formula is C12H16O2. The summed E-state index contributed by atoms with van der Waals surface area (Å²) in [6.07, 6.45) is 4.36. The van der Waals surface area contributed by atoms with Gasteiger partial charge in [-0.3, -0.25) is 4.79 Å². The SMILES string of the molecule is CCCCC#CC1=C(CO)C(=O)CC1. The molecule has 0 saturated carbocycles. The monoisotopic (exact) mass is 192 g/mol. The molecule has 1 rings (SSSR count). The Hall–Kier alpha value is -1.07. The van der Waals surface area contributed by atoms with Crippen LogP contribution in [0.1, 0.15) is 39.0 Å². The topological polar surface area (TPSA) is 37.3 Å². The van der Waals surface area contributed by atoms with E-state index in [0.29, 0.717) is 18.4 Å². The lowest BCUT2D eigenvalue weighted by atomic mass is 10.1. The van der Waals surface area contributed by atoms with Gasteiger partial charge < -0.3 is 5.11 Å². The van der Waals surface area contributed by atoms with E-state index in [9.17, 15) is 4.79 Å². The van der Waals surface area contributed by atoms with Crippen LogP contribution in [0, 0.1) is 11.8 Å². The largest absolute Gasteiger partial charge is 0.392 e. The average molecular weight is 192 g/mol. The van der Waals surface area contributed by atoms with Crippen molar-refractivity contribution >= 4 is 5.78 Å². The summed E-state index contributed by atoms with van der Waals surface area (Å²) >= 11 is 0. The van der Waals surface area contributed by atoms with E-state index in [1.807, 2.05) is 0 Å². The van der Waals surface area contributed by atoms with Gasteiger partial charge in [-0.1, -0.05) is 25.2 Å². The van der Waals surface area contributed by atoms with E-state index in [4.69, 9.17) is 5.11 Å². The number of hydrogen-bond acceptors (Lipinski definition) is 2. The van der Waals surface area contributed by atoms with Crippen LogP contribution < -0.4 is 0 Å². The second-order valence-electron chi connectivity index (χ2n) is 3.44. The summed E-state index contributed by atoms with van der Waals surface area (Å²) in [7, 11) is 0. The number of ketones is 1. The molecule has 0 aromatic heterocycles. The molecule has 0 aliphatic heterocycles. The number of unbranched alkanes of at least 4 members (excludes halogenated alkanes) is 2.